The second kappa shape index (κ2) is 14.7. The summed E-state index contributed by atoms with van der Waals surface area (Å²) in [6.07, 6.45) is 6.02. The van der Waals surface area contributed by atoms with E-state index in [1.807, 2.05) is 48.8 Å². The van der Waals surface area contributed by atoms with Gasteiger partial charge in [-0.2, -0.15) is 0 Å². The number of rotatable bonds is 6. The van der Waals surface area contributed by atoms with Crippen molar-refractivity contribution in [1.82, 2.24) is 9.97 Å². The van der Waals surface area contributed by atoms with Crippen LogP contribution in [0, 0.1) is 38.8 Å². The van der Waals surface area contributed by atoms with Crippen molar-refractivity contribution in [2.75, 3.05) is 0 Å². The van der Waals surface area contributed by atoms with Gasteiger partial charge in [-0.05, 0) is 60.7 Å². The predicted octanol–water partition coefficient (Wildman–Crippen LogP) is 8.81. The molecule has 39 heavy (non-hydrogen) atoms. The smallest absolute Gasteiger partial charge is 0.0198 e. The van der Waals surface area contributed by atoms with Crippen LogP contribution in [0.15, 0.2) is 97.3 Å². The number of nitrogens with zero attached hydrogens (tertiary/aromatic N) is 2. The molecule has 1 radical (unpaired) electrons. The monoisotopic (exact) mass is 689 g/mol. The Hall–Kier alpha value is -3.39. The Kier molecular flexibility index (Phi) is 11.3. The van der Waals surface area contributed by atoms with E-state index >= 15 is 0 Å². The molecule has 0 unspecified atom stereocenters. The van der Waals surface area contributed by atoms with Crippen LogP contribution >= 0.6 is 0 Å². The summed E-state index contributed by atoms with van der Waals surface area (Å²) in [5.74, 6) is 0.669. The molecule has 3 heteroatoms. The third-order valence-corrected chi connectivity index (χ3v) is 6.53. The summed E-state index contributed by atoms with van der Waals surface area (Å²) in [5, 5.41) is 0. The topological polar surface area (TPSA) is 25.8 Å². The van der Waals surface area contributed by atoms with E-state index in [1.54, 1.807) is 0 Å². The van der Waals surface area contributed by atoms with Gasteiger partial charge in [-0.3, -0.25) is 0 Å². The van der Waals surface area contributed by atoms with Gasteiger partial charge in [-0.1, -0.05) is 74.4 Å². The zero-order chi connectivity index (χ0) is 26.9. The molecule has 0 fully saturated rings. The van der Waals surface area contributed by atoms with Crippen LogP contribution in [0.2, 0.25) is 0 Å². The first-order valence-corrected chi connectivity index (χ1v) is 13.3. The second-order valence-electron chi connectivity index (χ2n) is 10.3. The van der Waals surface area contributed by atoms with Gasteiger partial charge in [0.15, 0.2) is 0 Å². The minimum Gasteiger partial charge on any atom is -0.304 e. The summed E-state index contributed by atoms with van der Waals surface area (Å²) in [6.45, 7) is 10.9. The third-order valence-electron chi connectivity index (χ3n) is 6.53. The molecule has 0 N–H and O–H groups in total. The molecule has 0 spiro atoms. The van der Waals surface area contributed by atoms with Gasteiger partial charge >= 0.3 is 0 Å². The van der Waals surface area contributed by atoms with Gasteiger partial charge in [0.2, 0.25) is 0 Å². The van der Waals surface area contributed by atoms with E-state index in [0.29, 0.717) is 5.92 Å². The average molecular weight is 689 g/mol. The molecule has 2 aromatic heterocycles. The fourth-order valence-electron chi connectivity index (χ4n) is 4.33. The summed E-state index contributed by atoms with van der Waals surface area (Å²) in [4.78, 5) is 9.14. The first-order valence-electron chi connectivity index (χ1n) is 13.3. The summed E-state index contributed by atoms with van der Waals surface area (Å²) >= 11 is 0. The third kappa shape index (κ3) is 8.82. The number of hydrogen-bond donors (Lipinski definition) is 0. The van der Waals surface area contributed by atoms with Crippen molar-refractivity contribution in [3.05, 3.63) is 143 Å². The van der Waals surface area contributed by atoms with Gasteiger partial charge in [0.1, 0.15) is 0 Å². The minimum atomic E-state index is 0. The molecule has 0 saturated carbocycles. The van der Waals surface area contributed by atoms with Crippen molar-refractivity contribution in [2.45, 2.75) is 47.5 Å². The molecule has 0 aliphatic heterocycles. The van der Waals surface area contributed by atoms with Crippen molar-refractivity contribution in [1.29, 1.82) is 0 Å². The molecule has 2 nitrogen and oxygen atoms in total. The van der Waals surface area contributed by atoms with Crippen LogP contribution in [-0.2, 0) is 32.9 Å². The van der Waals surface area contributed by atoms with Crippen molar-refractivity contribution in [3.63, 3.8) is 0 Å². The molecule has 0 saturated heterocycles. The summed E-state index contributed by atoms with van der Waals surface area (Å²) < 4.78 is 0. The summed E-state index contributed by atoms with van der Waals surface area (Å²) in [5.41, 5.74) is 11.9. The largest absolute Gasteiger partial charge is 0.304 e. The van der Waals surface area contributed by atoms with Gasteiger partial charge in [-0.25, -0.2) is 0 Å². The first-order chi connectivity index (χ1) is 18.4. The van der Waals surface area contributed by atoms with Crippen LogP contribution in [0.25, 0.3) is 22.5 Å². The molecule has 5 aromatic rings. The van der Waals surface area contributed by atoms with E-state index < -0.39 is 0 Å². The van der Waals surface area contributed by atoms with Crippen molar-refractivity contribution >= 4 is 0 Å². The number of hydrogen-bond acceptors (Lipinski definition) is 2. The molecule has 201 valence electrons. The Morgan fingerprint density at radius 2 is 1.31 bits per heavy atom. The molecule has 3 aromatic carbocycles. The number of aryl methyl sites for hydroxylation is 3. The van der Waals surface area contributed by atoms with Gasteiger partial charge in [-0.15, -0.1) is 71.3 Å². The number of aromatic nitrogens is 2. The maximum atomic E-state index is 4.57. The molecule has 0 amide bonds. The summed E-state index contributed by atoms with van der Waals surface area (Å²) in [6, 6.07) is 35.4. The Morgan fingerprint density at radius 1 is 0.692 bits per heavy atom. The molecule has 2 heterocycles. The van der Waals surface area contributed by atoms with E-state index in [-0.39, 0.29) is 20.1 Å². The maximum absolute atomic E-state index is 4.57. The predicted molar refractivity (Wildman–Crippen MR) is 159 cm³/mol. The normalized spacial score (nSPS) is 10.4. The van der Waals surface area contributed by atoms with Crippen LogP contribution in [0.1, 0.15) is 47.2 Å². The Morgan fingerprint density at radius 3 is 1.85 bits per heavy atom. The van der Waals surface area contributed by atoms with Crippen molar-refractivity contribution < 1.29 is 20.1 Å². The van der Waals surface area contributed by atoms with E-state index in [1.165, 1.54) is 33.4 Å². The zero-order valence-electron chi connectivity index (χ0n) is 23.5. The molecular weight excluding hydrogens is 653 g/mol. The quantitative estimate of drug-likeness (QED) is 0.167. The average Bonchev–Trinajstić information content (AvgIpc) is 2.93. The standard InChI is InChI=1S/C19H16N.C17H20N.Ir/c1-15-12-19(17-10-6-3-7-11-17)20-14-18(15)13-16-8-4-2-5-9-16;1-12(2)9-16-11-18-17(10-14(16)4)15-7-5-13(3)6-8-15;/h2-10,12,14H,13H2,1H3;5-7,10-12H,9H2,1-4H3;/q2*-1;. The molecule has 0 atom stereocenters. The van der Waals surface area contributed by atoms with Gasteiger partial charge < -0.3 is 9.97 Å². The van der Waals surface area contributed by atoms with Crippen LogP contribution < -0.4 is 0 Å². The van der Waals surface area contributed by atoms with E-state index in [4.69, 9.17) is 0 Å². The Labute approximate surface area is 248 Å². The van der Waals surface area contributed by atoms with Crippen LogP contribution in [-0.4, -0.2) is 9.97 Å². The van der Waals surface area contributed by atoms with E-state index in [9.17, 15) is 0 Å². The summed E-state index contributed by atoms with van der Waals surface area (Å²) in [7, 11) is 0. The SMILES string of the molecule is Cc1c[c-]c(-c2cc(C)c(CC(C)C)cn2)cc1.Cc1cc(-c2[c-]cccc2)ncc1Cc1ccccc1.[Ir]. The van der Waals surface area contributed by atoms with Crippen LogP contribution in [0.4, 0.5) is 0 Å². The molecule has 0 aliphatic carbocycles. The molecular formula is C36H36IrN2-2. The van der Waals surface area contributed by atoms with E-state index in [0.717, 1.165) is 35.4 Å². The maximum Gasteiger partial charge on any atom is 0.0198 e. The molecule has 0 bridgehead atoms. The molecule has 0 aliphatic rings. The van der Waals surface area contributed by atoms with E-state index in [2.05, 4.69) is 105 Å². The second-order valence-corrected chi connectivity index (χ2v) is 10.3. The van der Waals surface area contributed by atoms with Crippen LogP contribution in [0.3, 0.4) is 0 Å². The van der Waals surface area contributed by atoms with Gasteiger partial charge in [0, 0.05) is 32.5 Å². The number of benzene rings is 3. The van der Waals surface area contributed by atoms with Crippen molar-refractivity contribution in [3.8, 4) is 22.5 Å². The Balaban J connectivity index is 0.000000211. The van der Waals surface area contributed by atoms with Crippen molar-refractivity contribution in [2.24, 2.45) is 5.92 Å². The first kappa shape index (κ1) is 30.2. The zero-order valence-corrected chi connectivity index (χ0v) is 25.9. The number of pyridine rings is 2. The van der Waals surface area contributed by atoms with Crippen LogP contribution in [0.5, 0.6) is 0 Å². The minimum absolute atomic E-state index is 0. The Bertz CT molecular complexity index is 1440. The fraction of sp³-hybridized carbons (Fsp3) is 0.222. The molecule has 5 rings (SSSR count). The fourth-order valence-corrected chi connectivity index (χ4v) is 4.33. The van der Waals surface area contributed by atoms with Gasteiger partial charge in [0.25, 0.3) is 0 Å². The van der Waals surface area contributed by atoms with Gasteiger partial charge in [0.05, 0.1) is 0 Å².